The second kappa shape index (κ2) is 6.85. The van der Waals surface area contributed by atoms with Crippen LogP contribution in [-0.2, 0) is 0 Å². The van der Waals surface area contributed by atoms with E-state index in [2.05, 4.69) is 98.8 Å². The minimum Gasteiger partial charge on any atom is -0.173 e. The highest BCUT2D eigenvalue weighted by Crippen LogP contribution is 2.51. The summed E-state index contributed by atoms with van der Waals surface area (Å²) in [5.74, 6) is 0.578. The van der Waals surface area contributed by atoms with Gasteiger partial charge in [-0.2, -0.15) is 10.9 Å². The summed E-state index contributed by atoms with van der Waals surface area (Å²) in [6.07, 6.45) is 0. The summed E-state index contributed by atoms with van der Waals surface area (Å²) in [7, 11) is -0.478. The summed E-state index contributed by atoms with van der Waals surface area (Å²) < 4.78 is 0. The molecule has 0 aliphatic rings. The Bertz CT molecular complexity index is 660. The van der Waals surface area contributed by atoms with E-state index >= 15 is 0 Å². The number of hydrogen-bond acceptors (Lipinski definition) is 0. The summed E-state index contributed by atoms with van der Waals surface area (Å²) in [5, 5.41) is 0. The van der Waals surface area contributed by atoms with Gasteiger partial charge in [-0.25, -0.2) is 0 Å². The van der Waals surface area contributed by atoms with E-state index < -0.39 is 10.9 Å². The Kier molecular flexibility index (Phi) is 4.65. The normalized spacial score (nSPS) is 11.5. The summed E-state index contributed by atoms with van der Waals surface area (Å²) in [6, 6.07) is 30.9. The minimum atomic E-state index is -0.478. The van der Waals surface area contributed by atoms with Crippen LogP contribution in [0.2, 0.25) is 0 Å². The monoisotopic (exact) mass is 306 g/mol. The van der Waals surface area contributed by atoms with Crippen LogP contribution in [0.4, 0.5) is 0 Å². The predicted molar refractivity (Wildman–Crippen MR) is 97.2 cm³/mol. The van der Waals surface area contributed by atoms with Crippen LogP contribution in [0.15, 0.2) is 99.6 Å². The van der Waals surface area contributed by atoms with E-state index in [1.165, 1.54) is 20.2 Å². The second-order valence-corrected chi connectivity index (χ2v) is 7.97. The third-order valence-electron chi connectivity index (χ3n) is 3.85. The molecule has 3 rings (SSSR count). The van der Waals surface area contributed by atoms with E-state index in [-0.39, 0.29) is 0 Å². The number of thiol groups is 1. The van der Waals surface area contributed by atoms with E-state index in [4.69, 9.17) is 0 Å². The van der Waals surface area contributed by atoms with Crippen molar-refractivity contribution in [2.24, 2.45) is 0 Å². The van der Waals surface area contributed by atoms with E-state index in [0.717, 1.165) is 0 Å². The van der Waals surface area contributed by atoms with Gasteiger partial charge in [-0.1, -0.05) is 62.4 Å². The molecule has 1 heteroatoms. The molecule has 0 heterocycles. The first-order chi connectivity index (χ1) is 10.8. The maximum Gasteiger partial charge on any atom is -0.00450 e. The minimum absolute atomic E-state index is 0.478. The van der Waals surface area contributed by atoms with Crippen molar-refractivity contribution in [3.63, 3.8) is 0 Å². The highest BCUT2D eigenvalue weighted by atomic mass is 32.2. The van der Waals surface area contributed by atoms with E-state index in [0.29, 0.717) is 5.92 Å². The Labute approximate surface area is 136 Å². The van der Waals surface area contributed by atoms with Gasteiger partial charge in [0.1, 0.15) is 0 Å². The van der Waals surface area contributed by atoms with Crippen LogP contribution in [0.1, 0.15) is 25.3 Å². The van der Waals surface area contributed by atoms with Crippen molar-refractivity contribution in [1.29, 1.82) is 0 Å². The Morgan fingerprint density at radius 1 is 0.545 bits per heavy atom. The van der Waals surface area contributed by atoms with Crippen molar-refractivity contribution in [3.05, 3.63) is 90.5 Å². The number of benzene rings is 3. The van der Waals surface area contributed by atoms with Gasteiger partial charge in [0.25, 0.3) is 0 Å². The largest absolute Gasteiger partial charge is 0.173 e. The standard InChI is InChI=1S/C21H22S/c1-17(2)18-13-15-21(16-14-18)22(19-9-5-3-6-10-19)20-11-7-4-8-12-20/h3-17,22H,1-2H3. The maximum absolute atomic E-state index is 2.31. The number of hydrogen-bond donors (Lipinski definition) is 1. The van der Waals surface area contributed by atoms with Gasteiger partial charge in [-0.3, -0.25) is 0 Å². The van der Waals surface area contributed by atoms with Crippen LogP contribution >= 0.6 is 10.9 Å². The van der Waals surface area contributed by atoms with E-state index in [1.54, 1.807) is 0 Å². The van der Waals surface area contributed by atoms with Crippen LogP contribution in [0.3, 0.4) is 0 Å². The Balaban J connectivity index is 2.06. The third kappa shape index (κ3) is 3.26. The molecule has 3 aromatic carbocycles. The van der Waals surface area contributed by atoms with Crippen LogP contribution < -0.4 is 0 Å². The summed E-state index contributed by atoms with van der Waals surface area (Å²) in [6.45, 7) is 4.48. The van der Waals surface area contributed by atoms with Gasteiger partial charge < -0.3 is 0 Å². The molecule has 0 aliphatic carbocycles. The first kappa shape index (κ1) is 14.9. The molecule has 0 bridgehead atoms. The Morgan fingerprint density at radius 3 is 1.36 bits per heavy atom. The lowest BCUT2D eigenvalue weighted by molar-refractivity contribution is 0.865. The molecule has 112 valence electrons. The molecule has 0 fully saturated rings. The van der Waals surface area contributed by atoms with E-state index in [9.17, 15) is 0 Å². The van der Waals surface area contributed by atoms with Crippen molar-refractivity contribution >= 4 is 10.9 Å². The van der Waals surface area contributed by atoms with Crippen molar-refractivity contribution in [2.75, 3.05) is 0 Å². The van der Waals surface area contributed by atoms with Crippen molar-refractivity contribution in [1.82, 2.24) is 0 Å². The van der Waals surface area contributed by atoms with Gasteiger partial charge in [-0.05, 0) is 62.6 Å². The molecule has 0 saturated heterocycles. The molecule has 22 heavy (non-hydrogen) atoms. The highest BCUT2D eigenvalue weighted by molar-refractivity contribution is 8.17. The molecule has 3 aromatic rings. The molecular formula is C21H22S. The fraction of sp³-hybridized carbons (Fsp3) is 0.143. The van der Waals surface area contributed by atoms with Gasteiger partial charge in [0, 0.05) is 0 Å². The molecule has 0 atom stereocenters. The molecule has 0 amide bonds. The maximum atomic E-state index is 2.31. The lowest BCUT2D eigenvalue weighted by Gasteiger charge is -2.23. The summed E-state index contributed by atoms with van der Waals surface area (Å²) in [5.41, 5.74) is 1.40. The van der Waals surface area contributed by atoms with Gasteiger partial charge >= 0.3 is 0 Å². The van der Waals surface area contributed by atoms with Crippen LogP contribution in [0, 0.1) is 0 Å². The lowest BCUT2D eigenvalue weighted by atomic mass is 10.0. The predicted octanol–water partition coefficient (Wildman–Crippen LogP) is 6.29. The zero-order chi connectivity index (χ0) is 15.4. The third-order valence-corrected chi connectivity index (χ3v) is 6.29. The van der Waals surface area contributed by atoms with Crippen molar-refractivity contribution < 1.29 is 0 Å². The smallest absolute Gasteiger partial charge is 0.00450 e. The average molecular weight is 306 g/mol. The van der Waals surface area contributed by atoms with Crippen LogP contribution in [-0.4, -0.2) is 0 Å². The highest BCUT2D eigenvalue weighted by Gasteiger charge is 2.12. The first-order valence-corrected chi connectivity index (χ1v) is 9.10. The lowest BCUT2D eigenvalue weighted by Crippen LogP contribution is -1.90. The topological polar surface area (TPSA) is 0 Å². The summed E-state index contributed by atoms with van der Waals surface area (Å²) in [4.78, 5) is 4.22. The van der Waals surface area contributed by atoms with E-state index in [1.807, 2.05) is 0 Å². The number of rotatable bonds is 4. The molecule has 0 nitrogen and oxygen atoms in total. The van der Waals surface area contributed by atoms with Crippen LogP contribution in [0.5, 0.6) is 0 Å². The Morgan fingerprint density at radius 2 is 0.955 bits per heavy atom. The second-order valence-electron chi connectivity index (χ2n) is 5.75. The molecule has 0 aliphatic heterocycles. The zero-order valence-electron chi connectivity index (χ0n) is 13.1. The summed E-state index contributed by atoms with van der Waals surface area (Å²) >= 11 is 0. The Hall–Kier alpha value is -1.99. The molecule has 0 aromatic heterocycles. The molecule has 0 unspecified atom stereocenters. The molecule has 0 N–H and O–H groups in total. The SMILES string of the molecule is CC(C)c1ccc([SH](c2ccccc2)c2ccccc2)cc1. The van der Waals surface area contributed by atoms with Crippen LogP contribution in [0.25, 0.3) is 0 Å². The van der Waals surface area contributed by atoms with Crippen molar-refractivity contribution in [3.8, 4) is 0 Å². The quantitative estimate of drug-likeness (QED) is 0.538. The van der Waals surface area contributed by atoms with Gasteiger partial charge in [0.2, 0.25) is 0 Å². The zero-order valence-corrected chi connectivity index (χ0v) is 14.0. The molecular weight excluding hydrogens is 284 g/mol. The van der Waals surface area contributed by atoms with Gasteiger partial charge in [0.05, 0.1) is 0 Å². The molecule has 0 radical (unpaired) electrons. The fourth-order valence-electron chi connectivity index (χ4n) is 2.61. The first-order valence-electron chi connectivity index (χ1n) is 7.76. The molecule has 0 saturated carbocycles. The average Bonchev–Trinajstić information content (AvgIpc) is 2.57. The fourth-order valence-corrected chi connectivity index (χ4v) is 4.89. The molecule has 0 spiro atoms. The van der Waals surface area contributed by atoms with Gasteiger partial charge in [0.15, 0.2) is 0 Å². The van der Waals surface area contributed by atoms with Gasteiger partial charge in [-0.15, -0.1) is 0 Å². The van der Waals surface area contributed by atoms with Crippen molar-refractivity contribution in [2.45, 2.75) is 34.5 Å².